The van der Waals surface area contributed by atoms with Crippen LogP contribution in [0.2, 0.25) is 5.02 Å². The van der Waals surface area contributed by atoms with E-state index in [0.717, 1.165) is 0 Å². The highest BCUT2D eigenvalue weighted by molar-refractivity contribution is 6.31. The quantitative estimate of drug-likeness (QED) is 0.452. The maximum atomic E-state index is 14.8. The molecule has 1 aromatic heterocycles. The van der Waals surface area contributed by atoms with E-state index in [0.29, 0.717) is 21.7 Å². The van der Waals surface area contributed by atoms with Crippen molar-refractivity contribution in [2.24, 2.45) is 0 Å². The molecule has 4 nitrogen and oxygen atoms in total. The fourth-order valence-electron chi connectivity index (χ4n) is 3.80. The van der Waals surface area contributed by atoms with Crippen LogP contribution in [-0.4, -0.2) is 5.91 Å². The van der Waals surface area contributed by atoms with Gasteiger partial charge in [0.2, 0.25) is 5.76 Å². The number of halogens is 2. The van der Waals surface area contributed by atoms with Crippen molar-refractivity contribution in [3.05, 3.63) is 111 Å². The zero-order chi connectivity index (χ0) is 20.1. The number of carbonyl (C=O) groups is 1. The van der Waals surface area contributed by atoms with Gasteiger partial charge < -0.3 is 4.42 Å². The van der Waals surface area contributed by atoms with Gasteiger partial charge in [-0.2, -0.15) is 0 Å². The van der Waals surface area contributed by atoms with E-state index >= 15 is 0 Å². The first-order chi connectivity index (χ1) is 14.1. The maximum absolute atomic E-state index is 14.8. The van der Waals surface area contributed by atoms with Gasteiger partial charge in [-0.15, -0.1) is 0 Å². The van der Waals surface area contributed by atoms with Gasteiger partial charge in [-0.25, -0.2) is 4.39 Å². The van der Waals surface area contributed by atoms with E-state index in [1.54, 1.807) is 66.7 Å². The molecule has 1 amide bonds. The molecule has 1 aliphatic heterocycles. The second-order valence-corrected chi connectivity index (χ2v) is 7.19. The predicted molar refractivity (Wildman–Crippen MR) is 109 cm³/mol. The summed E-state index contributed by atoms with van der Waals surface area (Å²) in [5, 5.41) is 0.760. The number of amides is 1. The molecular weight excluding hydrogens is 393 g/mol. The summed E-state index contributed by atoms with van der Waals surface area (Å²) in [5.41, 5.74) is 0.740. The van der Waals surface area contributed by atoms with Gasteiger partial charge in [0.05, 0.1) is 17.0 Å². The van der Waals surface area contributed by atoms with Crippen molar-refractivity contribution < 1.29 is 13.6 Å². The largest absolute Gasteiger partial charge is 0.450 e. The second-order valence-electron chi connectivity index (χ2n) is 6.75. The molecule has 1 unspecified atom stereocenters. The van der Waals surface area contributed by atoms with Gasteiger partial charge in [0.25, 0.3) is 5.91 Å². The maximum Gasteiger partial charge on any atom is 0.295 e. The Hall–Kier alpha value is -3.44. The first kappa shape index (κ1) is 17.6. The number of fused-ring (bicyclic) bond motifs is 2. The summed E-state index contributed by atoms with van der Waals surface area (Å²) in [6, 6.07) is 18.5. The monoisotopic (exact) mass is 405 g/mol. The third-order valence-electron chi connectivity index (χ3n) is 5.06. The van der Waals surface area contributed by atoms with Crippen molar-refractivity contribution in [3.63, 3.8) is 0 Å². The minimum atomic E-state index is -0.960. The Morgan fingerprint density at radius 2 is 1.69 bits per heavy atom. The van der Waals surface area contributed by atoms with Gasteiger partial charge in [0.15, 0.2) is 5.43 Å². The van der Waals surface area contributed by atoms with E-state index in [1.165, 1.54) is 11.0 Å². The molecule has 0 saturated heterocycles. The molecule has 4 aromatic rings. The van der Waals surface area contributed by atoms with Crippen LogP contribution in [0.4, 0.5) is 10.1 Å². The van der Waals surface area contributed by atoms with Crippen molar-refractivity contribution in [2.75, 3.05) is 4.90 Å². The average molecular weight is 406 g/mol. The van der Waals surface area contributed by atoms with Gasteiger partial charge in [-0.1, -0.05) is 48.0 Å². The van der Waals surface area contributed by atoms with Crippen LogP contribution in [0.3, 0.4) is 0 Å². The van der Waals surface area contributed by atoms with Crippen LogP contribution in [-0.2, 0) is 0 Å². The van der Waals surface area contributed by atoms with Crippen molar-refractivity contribution in [3.8, 4) is 0 Å². The third kappa shape index (κ3) is 2.66. The molecule has 0 spiro atoms. The lowest BCUT2D eigenvalue weighted by Gasteiger charge is -2.25. The summed E-state index contributed by atoms with van der Waals surface area (Å²) in [6.07, 6.45) is 0. The molecule has 0 aliphatic carbocycles. The summed E-state index contributed by atoms with van der Waals surface area (Å²) in [5.74, 6) is -1.11. The van der Waals surface area contributed by atoms with Crippen LogP contribution in [0.1, 0.15) is 27.7 Å². The lowest BCUT2D eigenvalue weighted by atomic mass is 9.98. The summed E-state index contributed by atoms with van der Waals surface area (Å²) >= 11 is 6.13. The molecular formula is C23H13ClFNO3. The minimum absolute atomic E-state index is 0.0815. The molecule has 0 fully saturated rings. The van der Waals surface area contributed by atoms with Crippen LogP contribution in [0.5, 0.6) is 0 Å². The summed E-state index contributed by atoms with van der Waals surface area (Å²) < 4.78 is 20.6. The second kappa shape index (κ2) is 6.57. The van der Waals surface area contributed by atoms with E-state index in [1.807, 2.05) is 0 Å². The SMILES string of the molecule is O=C1c2oc3ccccc3c(=O)c2C(c2ccccc2F)N1c1cccc(Cl)c1. The fourth-order valence-corrected chi connectivity index (χ4v) is 3.99. The van der Waals surface area contributed by atoms with Gasteiger partial charge in [-0.05, 0) is 36.4 Å². The van der Waals surface area contributed by atoms with Crippen LogP contribution < -0.4 is 10.3 Å². The molecule has 0 bridgehead atoms. The highest BCUT2D eigenvalue weighted by Gasteiger charge is 2.44. The Bertz CT molecular complexity index is 1350. The molecule has 0 saturated carbocycles. The normalized spacial score (nSPS) is 15.7. The van der Waals surface area contributed by atoms with E-state index in [-0.39, 0.29) is 22.3 Å². The molecule has 0 radical (unpaired) electrons. The fraction of sp³-hybridized carbons (Fsp3) is 0.0435. The van der Waals surface area contributed by atoms with E-state index in [9.17, 15) is 14.0 Å². The van der Waals surface area contributed by atoms with Crippen molar-refractivity contribution in [1.29, 1.82) is 0 Å². The highest BCUT2D eigenvalue weighted by Crippen LogP contribution is 2.42. The Kier molecular flexibility index (Phi) is 4.00. The Morgan fingerprint density at radius 1 is 0.931 bits per heavy atom. The molecule has 2 heterocycles. The summed E-state index contributed by atoms with van der Waals surface area (Å²) in [7, 11) is 0. The van der Waals surface area contributed by atoms with E-state index < -0.39 is 17.8 Å². The number of carbonyl (C=O) groups excluding carboxylic acids is 1. The number of rotatable bonds is 2. The Labute approximate surface area is 169 Å². The molecule has 1 aliphatic rings. The number of anilines is 1. The average Bonchev–Trinajstić information content (AvgIpc) is 3.01. The molecule has 29 heavy (non-hydrogen) atoms. The van der Waals surface area contributed by atoms with Crippen molar-refractivity contribution >= 4 is 34.2 Å². The molecule has 0 N–H and O–H groups in total. The lowest BCUT2D eigenvalue weighted by Crippen LogP contribution is -2.30. The molecule has 3 aromatic carbocycles. The third-order valence-corrected chi connectivity index (χ3v) is 5.30. The van der Waals surface area contributed by atoms with Crippen LogP contribution in [0, 0.1) is 5.82 Å². The van der Waals surface area contributed by atoms with Crippen LogP contribution in [0.15, 0.2) is 82.0 Å². The number of para-hydroxylation sites is 1. The first-order valence-electron chi connectivity index (χ1n) is 8.95. The molecule has 1 atom stereocenters. The van der Waals surface area contributed by atoms with Gasteiger partial charge in [0, 0.05) is 16.3 Å². The Balaban J connectivity index is 1.86. The van der Waals surface area contributed by atoms with Crippen LogP contribution >= 0.6 is 11.6 Å². The highest BCUT2D eigenvalue weighted by atomic mass is 35.5. The van der Waals surface area contributed by atoms with E-state index in [4.69, 9.17) is 16.0 Å². The van der Waals surface area contributed by atoms with Gasteiger partial charge in [-0.3, -0.25) is 14.5 Å². The predicted octanol–water partition coefficient (Wildman–Crippen LogP) is 5.34. The molecule has 5 rings (SSSR count). The zero-order valence-electron chi connectivity index (χ0n) is 14.9. The number of hydrogen-bond donors (Lipinski definition) is 0. The van der Waals surface area contributed by atoms with Crippen LogP contribution in [0.25, 0.3) is 11.0 Å². The summed E-state index contributed by atoms with van der Waals surface area (Å²) in [6.45, 7) is 0. The minimum Gasteiger partial charge on any atom is -0.450 e. The van der Waals surface area contributed by atoms with Crippen molar-refractivity contribution in [2.45, 2.75) is 6.04 Å². The lowest BCUT2D eigenvalue weighted by molar-refractivity contribution is 0.0971. The Morgan fingerprint density at radius 3 is 2.48 bits per heavy atom. The van der Waals surface area contributed by atoms with E-state index in [2.05, 4.69) is 0 Å². The van der Waals surface area contributed by atoms with Crippen molar-refractivity contribution in [1.82, 2.24) is 0 Å². The standard InChI is InChI=1S/C23H13ClFNO3/c24-13-6-5-7-14(12-13)26-20(15-8-1-3-10-17(15)25)19-21(27)16-9-2-4-11-18(16)29-22(19)23(26)28/h1-12,20H. The number of benzene rings is 3. The number of nitrogens with zero attached hydrogens (tertiary/aromatic N) is 1. The first-order valence-corrected chi connectivity index (χ1v) is 9.33. The van der Waals surface area contributed by atoms with Gasteiger partial charge in [0.1, 0.15) is 11.4 Å². The zero-order valence-corrected chi connectivity index (χ0v) is 15.7. The smallest absolute Gasteiger partial charge is 0.295 e. The summed E-state index contributed by atoms with van der Waals surface area (Å²) in [4.78, 5) is 28.0. The van der Waals surface area contributed by atoms with Gasteiger partial charge >= 0.3 is 0 Å². The number of hydrogen-bond acceptors (Lipinski definition) is 3. The molecule has 6 heteroatoms. The topological polar surface area (TPSA) is 50.5 Å². The molecule has 142 valence electrons.